The van der Waals surface area contributed by atoms with Crippen molar-refractivity contribution in [2.75, 3.05) is 25.1 Å². The quantitative estimate of drug-likeness (QED) is 0.429. The lowest BCUT2D eigenvalue weighted by atomic mass is 10.2. The van der Waals surface area contributed by atoms with Gasteiger partial charge in [-0.2, -0.15) is 5.10 Å². The van der Waals surface area contributed by atoms with Gasteiger partial charge in [-0.25, -0.2) is 18.7 Å². The molecule has 4 aromatic rings. The van der Waals surface area contributed by atoms with Crippen LogP contribution in [-0.4, -0.2) is 50.9 Å². The molecule has 172 valence electrons. The fourth-order valence-electron chi connectivity index (χ4n) is 3.66. The smallest absolute Gasteiger partial charge is 0.183 e. The summed E-state index contributed by atoms with van der Waals surface area (Å²) in [6.45, 7) is 0.249. The van der Waals surface area contributed by atoms with Crippen molar-refractivity contribution in [3.8, 4) is 22.9 Å². The summed E-state index contributed by atoms with van der Waals surface area (Å²) < 4.78 is 40.6. The molecule has 1 aliphatic rings. The van der Waals surface area contributed by atoms with Gasteiger partial charge in [0.05, 0.1) is 38.6 Å². The maximum Gasteiger partial charge on any atom is 0.183 e. The highest BCUT2D eigenvalue weighted by Gasteiger charge is 2.25. The van der Waals surface area contributed by atoms with E-state index in [4.69, 9.17) is 9.26 Å². The minimum atomic E-state index is -0.684. The molecule has 0 N–H and O–H groups in total. The lowest BCUT2D eigenvalue weighted by molar-refractivity contribution is -0.113. The Bertz CT molecular complexity index is 1380. The molecule has 1 aliphatic heterocycles. The van der Waals surface area contributed by atoms with Crippen LogP contribution in [0.15, 0.2) is 65.2 Å². The lowest BCUT2D eigenvalue weighted by Gasteiger charge is -2.26. The van der Waals surface area contributed by atoms with E-state index in [-0.39, 0.29) is 42.9 Å². The van der Waals surface area contributed by atoms with Gasteiger partial charge in [-0.3, -0.25) is 9.48 Å². The highest BCUT2D eigenvalue weighted by atomic mass is 19.1. The monoisotopic (exact) mass is 464 g/mol. The van der Waals surface area contributed by atoms with Gasteiger partial charge < -0.3 is 14.2 Å². The summed E-state index contributed by atoms with van der Waals surface area (Å²) in [5.74, 6) is -0.801. The molecule has 0 radical (unpaired) electrons. The number of halogens is 2. The summed E-state index contributed by atoms with van der Waals surface area (Å²) in [7, 11) is 1.44. The van der Waals surface area contributed by atoms with Gasteiger partial charge in [0.25, 0.3) is 0 Å². The fraction of sp³-hybridized carbons (Fsp3) is 0.174. The number of benzene rings is 1. The Labute approximate surface area is 192 Å². The van der Waals surface area contributed by atoms with Crippen LogP contribution >= 0.6 is 0 Å². The van der Waals surface area contributed by atoms with Gasteiger partial charge in [0.15, 0.2) is 23.2 Å². The molecule has 5 rings (SSSR count). The number of nitrogens with zero attached hydrogens (tertiary/aromatic N) is 6. The largest absolute Gasteiger partial charge is 0.499 e. The second-order valence-corrected chi connectivity index (χ2v) is 7.55. The number of ketones is 1. The molecule has 1 aromatic carbocycles. The molecule has 34 heavy (non-hydrogen) atoms. The normalized spacial score (nSPS) is 13.8. The van der Waals surface area contributed by atoms with Crippen LogP contribution in [-0.2, 0) is 16.1 Å². The van der Waals surface area contributed by atoms with Crippen LogP contribution in [0.2, 0.25) is 0 Å². The molecule has 0 aliphatic carbocycles. The van der Waals surface area contributed by atoms with Gasteiger partial charge in [0.1, 0.15) is 29.2 Å². The summed E-state index contributed by atoms with van der Waals surface area (Å²) >= 11 is 0. The molecular weight excluding hydrogens is 446 g/mol. The molecule has 0 bridgehead atoms. The molecule has 0 saturated carbocycles. The molecule has 9 nitrogen and oxygen atoms in total. The summed E-state index contributed by atoms with van der Waals surface area (Å²) in [5.41, 5.74) is 1.77. The number of hydrogen-bond donors (Lipinski definition) is 0. The van der Waals surface area contributed by atoms with Crippen LogP contribution < -0.4 is 4.90 Å². The number of hydrogen-bond acceptors (Lipinski definition) is 8. The molecule has 0 amide bonds. The second kappa shape index (κ2) is 8.85. The van der Waals surface area contributed by atoms with Crippen molar-refractivity contribution in [3.05, 3.63) is 77.9 Å². The van der Waals surface area contributed by atoms with Crippen LogP contribution in [0, 0.1) is 11.6 Å². The summed E-state index contributed by atoms with van der Waals surface area (Å²) in [4.78, 5) is 21.9. The first kappa shape index (κ1) is 21.4. The Hall–Kier alpha value is -4.41. The van der Waals surface area contributed by atoms with E-state index in [0.717, 1.165) is 6.20 Å². The van der Waals surface area contributed by atoms with Crippen molar-refractivity contribution >= 4 is 11.6 Å². The molecule has 0 atom stereocenters. The number of carbonyl (C=O) groups excluding carboxylic acids is 1. The van der Waals surface area contributed by atoms with Crippen molar-refractivity contribution in [2.45, 2.75) is 6.54 Å². The van der Waals surface area contributed by atoms with E-state index >= 15 is 0 Å². The Kier molecular flexibility index (Phi) is 5.58. The first-order valence-corrected chi connectivity index (χ1v) is 10.3. The zero-order valence-corrected chi connectivity index (χ0v) is 18.0. The Morgan fingerprint density at radius 3 is 2.74 bits per heavy atom. The van der Waals surface area contributed by atoms with Crippen molar-refractivity contribution < 1.29 is 22.8 Å². The lowest BCUT2D eigenvalue weighted by Crippen LogP contribution is -2.36. The third-order valence-corrected chi connectivity index (χ3v) is 5.29. The van der Waals surface area contributed by atoms with Crippen LogP contribution in [0.1, 0.15) is 5.56 Å². The van der Waals surface area contributed by atoms with Crippen LogP contribution in [0.3, 0.4) is 0 Å². The molecule has 11 heteroatoms. The van der Waals surface area contributed by atoms with Crippen molar-refractivity contribution in [2.24, 2.45) is 0 Å². The van der Waals surface area contributed by atoms with Gasteiger partial charge >= 0.3 is 0 Å². The summed E-state index contributed by atoms with van der Waals surface area (Å²) in [6.07, 6.45) is 3.82. The molecule has 4 heterocycles. The van der Waals surface area contributed by atoms with Gasteiger partial charge in [-0.15, -0.1) is 0 Å². The standard InChI is InChI=1S/C23H18F2N6O3/c1-33-16-8-15(32)12-30(13-16)23-18(25)10-26-22(27-23)20-9-21(19-6-7-34-29-19)31(28-20)11-14-4-2-3-5-17(14)24/h2-10H,11-13H2,1H3. The van der Waals surface area contributed by atoms with Crippen molar-refractivity contribution in [3.63, 3.8) is 0 Å². The predicted octanol–water partition coefficient (Wildman–Crippen LogP) is 3.24. The predicted molar refractivity (Wildman–Crippen MR) is 117 cm³/mol. The first-order valence-electron chi connectivity index (χ1n) is 10.3. The van der Waals surface area contributed by atoms with E-state index in [9.17, 15) is 13.6 Å². The minimum Gasteiger partial charge on any atom is -0.499 e. The molecule has 0 saturated heterocycles. The van der Waals surface area contributed by atoms with E-state index in [2.05, 4.69) is 20.2 Å². The minimum absolute atomic E-state index is 0.0485. The summed E-state index contributed by atoms with van der Waals surface area (Å²) in [6, 6.07) is 9.68. The van der Waals surface area contributed by atoms with Crippen molar-refractivity contribution in [1.29, 1.82) is 0 Å². The fourth-order valence-corrected chi connectivity index (χ4v) is 3.66. The number of rotatable bonds is 6. The third-order valence-electron chi connectivity index (χ3n) is 5.29. The number of methoxy groups -OCH3 is 1. The maximum absolute atomic E-state index is 14.6. The van der Waals surface area contributed by atoms with Gasteiger partial charge in [0.2, 0.25) is 0 Å². The number of ether oxygens (including phenoxy) is 1. The Balaban J connectivity index is 1.54. The Morgan fingerprint density at radius 1 is 1.12 bits per heavy atom. The highest BCUT2D eigenvalue weighted by molar-refractivity contribution is 5.95. The molecule has 0 spiro atoms. The third kappa shape index (κ3) is 4.15. The molecular formula is C23H18F2N6O3. The van der Waals surface area contributed by atoms with Crippen molar-refractivity contribution in [1.82, 2.24) is 24.9 Å². The van der Waals surface area contributed by atoms with E-state index in [1.54, 1.807) is 35.0 Å². The topological polar surface area (TPSA) is 99.2 Å². The molecule has 0 unspecified atom stereocenters. The summed E-state index contributed by atoms with van der Waals surface area (Å²) in [5, 5.41) is 8.49. The zero-order valence-electron chi connectivity index (χ0n) is 18.0. The number of aromatic nitrogens is 5. The van der Waals surface area contributed by atoms with Gasteiger partial charge in [0, 0.05) is 17.7 Å². The van der Waals surface area contributed by atoms with E-state index in [0.29, 0.717) is 28.4 Å². The van der Waals surface area contributed by atoms with Crippen LogP contribution in [0.4, 0.5) is 14.6 Å². The molecule has 3 aromatic heterocycles. The number of anilines is 1. The Morgan fingerprint density at radius 2 is 1.97 bits per heavy atom. The average Bonchev–Trinajstić information content (AvgIpc) is 3.50. The SMILES string of the molecule is COC1=CC(=O)CN(c2nc(-c3cc(-c4ccon4)n(Cc4ccccc4F)n3)ncc2F)C1. The van der Waals surface area contributed by atoms with Gasteiger partial charge in [-0.1, -0.05) is 23.4 Å². The van der Waals surface area contributed by atoms with E-state index < -0.39 is 5.82 Å². The van der Waals surface area contributed by atoms with Crippen LogP contribution in [0.25, 0.3) is 22.9 Å². The van der Waals surface area contributed by atoms with Gasteiger partial charge in [-0.05, 0) is 12.1 Å². The van der Waals surface area contributed by atoms with E-state index in [1.807, 2.05) is 0 Å². The maximum atomic E-state index is 14.6. The number of carbonyl (C=O) groups is 1. The second-order valence-electron chi connectivity index (χ2n) is 7.55. The molecule has 0 fully saturated rings. The van der Waals surface area contributed by atoms with E-state index in [1.165, 1.54) is 30.4 Å². The highest BCUT2D eigenvalue weighted by Crippen LogP contribution is 2.27. The average molecular weight is 464 g/mol. The van der Waals surface area contributed by atoms with Crippen LogP contribution in [0.5, 0.6) is 0 Å². The first-order chi connectivity index (χ1) is 16.5. The zero-order chi connectivity index (χ0) is 23.7.